The molecule has 4 rings (SSSR count). The van der Waals surface area contributed by atoms with Crippen molar-refractivity contribution >= 4 is 11.8 Å². The lowest BCUT2D eigenvalue weighted by atomic mass is 9.81. The highest BCUT2D eigenvalue weighted by Gasteiger charge is 2.27. The van der Waals surface area contributed by atoms with Crippen molar-refractivity contribution in [3.05, 3.63) is 71.3 Å². The van der Waals surface area contributed by atoms with Crippen LogP contribution < -0.4 is 5.32 Å². The standard InChI is InChI=1S/C25H30N2O2/c28-23-15-8-16-27(23)18-19-9-7-14-22(17-19)25(29)26-24(20-10-3-1-4-11-20)21-12-5-2-6-13-21/h1,3-4,7,9-11,14,17,21,24H,2,5-6,8,12-13,15-16,18H2,(H,26,29). The number of nitrogens with zero attached hydrogens (tertiary/aromatic N) is 1. The van der Waals surface area contributed by atoms with Crippen LogP contribution in [-0.4, -0.2) is 23.3 Å². The highest BCUT2D eigenvalue weighted by Crippen LogP contribution is 2.34. The topological polar surface area (TPSA) is 49.4 Å². The van der Waals surface area contributed by atoms with Crippen molar-refractivity contribution < 1.29 is 9.59 Å². The average molecular weight is 391 g/mol. The van der Waals surface area contributed by atoms with Gasteiger partial charge in [0, 0.05) is 25.1 Å². The second kappa shape index (κ2) is 9.25. The third-order valence-corrected chi connectivity index (χ3v) is 6.30. The van der Waals surface area contributed by atoms with Gasteiger partial charge < -0.3 is 10.2 Å². The minimum atomic E-state index is -0.0287. The molecule has 0 bridgehead atoms. The summed E-state index contributed by atoms with van der Waals surface area (Å²) in [5.74, 6) is 0.667. The Hall–Kier alpha value is -2.62. The van der Waals surface area contributed by atoms with Crippen LogP contribution in [0.4, 0.5) is 0 Å². The van der Waals surface area contributed by atoms with Gasteiger partial charge in [-0.15, -0.1) is 0 Å². The molecule has 2 aromatic carbocycles. The van der Waals surface area contributed by atoms with E-state index in [-0.39, 0.29) is 17.9 Å². The van der Waals surface area contributed by atoms with E-state index < -0.39 is 0 Å². The third-order valence-electron chi connectivity index (χ3n) is 6.30. The van der Waals surface area contributed by atoms with Gasteiger partial charge in [0.15, 0.2) is 0 Å². The summed E-state index contributed by atoms with van der Waals surface area (Å²) in [5, 5.41) is 3.33. The fourth-order valence-corrected chi connectivity index (χ4v) is 4.73. The van der Waals surface area contributed by atoms with Crippen LogP contribution in [0.15, 0.2) is 54.6 Å². The van der Waals surface area contributed by atoms with E-state index in [1.165, 1.54) is 24.8 Å². The van der Waals surface area contributed by atoms with Crippen LogP contribution >= 0.6 is 0 Å². The molecule has 1 saturated carbocycles. The van der Waals surface area contributed by atoms with Gasteiger partial charge in [0.05, 0.1) is 6.04 Å². The molecule has 2 aromatic rings. The van der Waals surface area contributed by atoms with Gasteiger partial charge >= 0.3 is 0 Å². The van der Waals surface area contributed by atoms with Crippen LogP contribution in [0.1, 0.15) is 72.5 Å². The molecule has 0 radical (unpaired) electrons. The maximum absolute atomic E-state index is 13.1. The van der Waals surface area contributed by atoms with Crippen molar-refractivity contribution in [1.82, 2.24) is 10.2 Å². The molecule has 2 aliphatic rings. The van der Waals surface area contributed by atoms with Gasteiger partial charge in [-0.05, 0) is 48.4 Å². The summed E-state index contributed by atoms with van der Waals surface area (Å²) in [6, 6.07) is 18.1. The zero-order chi connectivity index (χ0) is 20.1. The van der Waals surface area contributed by atoms with E-state index in [0.29, 0.717) is 24.4 Å². The maximum atomic E-state index is 13.1. The molecule has 2 amide bonds. The van der Waals surface area contributed by atoms with Gasteiger partial charge in [-0.25, -0.2) is 0 Å². The van der Waals surface area contributed by atoms with Crippen molar-refractivity contribution in [2.24, 2.45) is 5.92 Å². The molecule has 2 fully saturated rings. The number of carbonyl (C=O) groups excluding carboxylic acids is 2. The number of benzene rings is 2. The van der Waals surface area contributed by atoms with E-state index in [2.05, 4.69) is 17.4 Å². The normalized spacial score (nSPS) is 18.6. The number of nitrogens with one attached hydrogen (secondary N) is 1. The molecule has 1 unspecified atom stereocenters. The van der Waals surface area contributed by atoms with E-state index in [1.54, 1.807) is 0 Å². The van der Waals surface area contributed by atoms with Crippen LogP contribution in [0.5, 0.6) is 0 Å². The molecule has 1 atom stereocenters. The van der Waals surface area contributed by atoms with Crippen molar-refractivity contribution in [1.29, 1.82) is 0 Å². The Morgan fingerprint density at radius 3 is 2.52 bits per heavy atom. The molecule has 0 aromatic heterocycles. The monoisotopic (exact) mass is 390 g/mol. The van der Waals surface area contributed by atoms with E-state index >= 15 is 0 Å². The van der Waals surface area contributed by atoms with Crippen LogP contribution in [0.3, 0.4) is 0 Å². The Morgan fingerprint density at radius 1 is 1.00 bits per heavy atom. The average Bonchev–Trinajstić information content (AvgIpc) is 3.17. The van der Waals surface area contributed by atoms with Crippen molar-refractivity contribution in [3.63, 3.8) is 0 Å². The van der Waals surface area contributed by atoms with E-state index in [1.807, 2.05) is 47.4 Å². The van der Waals surface area contributed by atoms with Gasteiger partial charge in [-0.1, -0.05) is 61.7 Å². The SMILES string of the molecule is O=C(NC(c1ccccc1)C1CCCCC1)c1cccc(CN2CCCC2=O)c1. The molecular weight excluding hydrogens is 360 g/mol. The first-order valence-corrected chi connectivity index (χ1v) is 10.9. The minimum Gasteiger partial charge on any atom is -0.345 e. The van der Waals surface area contributed by atoms with E-state index in [9.17, 15) is 9.59 Å². The summed E-state index contributed by atoms with van der Waals surface area (Å²) in [6.45, 7) is 1.40. The number of hydrogen-bond donors (Lipinski definition) is 1. The molecule has 1 aliphatic carbocycles. The molecule has 1 heterocycles. The smallest absolute Gasteiger partial charge is 0.251 e. The predicted molar refractivity (Wildman–Crippen MR) is 114 cm³/mol. The summed E-state index contributed by atoms with van der Waals surface area (Å²) in [7, 11) is 0. The molecule has 4 nitrogen and oxygen atoms in total. The molecular formula is C25H30N2O2. The number of hydrogen-bond acceptors (Lipinski definition) is 2. The van der Waals surface area contributed by atoms with E-state index in [4.69, 9.17) is 0 Å². The zero-order valence-electron chi connectivity index (χ0n) is 17.0. The van der Waals surface area contributed by atoms with Gasteiger partial charge in [0.1, 0.15) is 0 Å². The second-order valence-electron chi connectivity index (χ2n) is 8.38. The third kappa shape index (κ3) is 4.87. The molecule has 1 N–H and O–H groups in total. The first kappa shape index (κ1) is 19.7. The highest BCUT2D eigenvalue weighted by atomic mass is 16.2. The molecule has 0 spiro atoms. The van der Waals surface area contributed by atoms with Gasteiger partial charge in [0.25, 0.3) is 5.91 Å². The molecule has 1 saturated heterocycles. The molecule has 1 aliphatic heterocycles. The molecule has 4 heteroatoms. The van der Waals surface area contributed by atoms with Crippen LogP contribution in [0.2, 0.25) is 0 Å². The molecule has 152 valence electrons. The first-order valence-electron chi connectivity index (χ1n) is 10.9. The number of carbonyl (C=O) groups is 2. The Balaban J connectivity index is 1.50. The van der Waals surface area contributed by atoms with Gasteiger partial charge in [-0.2, -0.15) is 0 Å². The second-order valence-corrected chi connectivity index (χ2v) is 8.38. The summed E-state index contributed by atoms with van der Waals surface area (Å²) in [6.07, 6.45) is 7.67. The van der Waals surface area contributed by atoms with Crippen molar-refractivity contribution in [3.8, 4) is 0 Å². The number of amides is 2. The molecule has 29 heavy (non-hydrogen) atoms. The van der Waals surface area contributed by atoms with Crippen LogP contribution in [0.25, 0.3) is 0 Å². The van der Waals surface area contributed by atoms with Gasteiger partial charge in [0.2, 0.25) is 5.91 Å². The Labute approximate surface area is 173 Å². The predicted octanol–water partition coefficient (Wildman–Crippen LogP) is 4.86. The number of rotatable bonds is 6. The largest absolute Gasteiger partial charge is 0.345 e. The van der Waals surface area contributed by atoms with Crippen LogP contribution in [-0.2, 0) is 11.3 Å². The summed E-state index contributed by atoms with van der Waals surface area (Å²) >= 11 is 0. The Bertz CT molecular complexity index is 843. The zero-order valence-corrected chi connectivity index (χ0v) is 17.0. The fraction of sp³-hybridized carbons (Fsp3) is 0.440. The first-order chi connectivity index (χ1) is 14.2. The quantitative estimate of drug-likeness (QED) is 0.766. The lowest BCUT2D eigenvalue weighted by molar-refractivity contribution is -0.128. The summed E-state index contributed by atoms with van der Waals surface area (Å²) in [5.41, 5.74) is 2.87. The van der Waals surface area contributed by atoms with Crippen molar-refractivity contribution in [2.75, 3.05) is 6.54 Å². The lowest BCUT2D eigenvalue weighted by Gasteiger charge is -2.31. The Morgan fingerprint density at radius 2 is 1.79 bits per heavy atom. The van der Waals surface area contributed by atoms with E-state index in [0.717, 1.165) is 31.4 Å². The minimum absolute atomic E-state index is 0.0287. The summed E-state index contributed by atoms with van der Waals surface area (Å²) in [4.78, 5) is 26.9. The number of likely N-dealkylation sites (tertiary alicyclic amines) is 1. The maximum Gasteiger partial charge on any atom is 0.251 e. The summed E-state index contributed by atoms with van der Waals surface area (Å²) < 4.78 is 0. The fourth-order valence-electron chi connectivity index (χ4n) is 4.73. The Kier molecular flexibility index (Phi) is 6.28. The van der Waals surface area contributed by atoms with Gasteiger partial charge in [-0.3, -0.25) is 9.59 Å². The van der Waals surface area contributed by atoms with Crippen molar-refractivity contribution in [2.45, 2.75) is 57.5 Å². The highest BCUT2D eigenvalue weighted by molar-refractivity contribution is 5.94. The lowest BCUT2D eigenvalue weighted by Crippen LogP contribution is -2.34. The van der Waals surface area contributed by atoms with Crippen LogP contribution in [0, 0.1) is 5.92 Å².